The van der Waals surface area contributed by atoms with Crippen LogP contribution in [0.5, 0.6) is 0 Å². The molecule has 0 aliphatic heterocycles. The van der Waals surface area contributed by atoms with E-state index in [-0.39, 0.29) is 12.0 Å². The fourth-order valence-electron chi connectivity index (χ4n) is 1.94. The lowest BCUT2D eigenvalue weighted by Gasteiger charge is -2.17. The maximum absolute atomic E-state index is 12.0. The number of esters is 1. The minimum atomic E-state index is -0.289. The number of hydrogen-bond donors (Lipinski definition) is 0. The third-order valence-corrected chi connectivity index (χ3v) is 2.82. The predicted octanol–water partition coefficient (Wildman–Crippen LogP) is 2.84. The van der Waals surface area contributed by atoms with Crippen LogP contribution in [0.1, 0.15) is 18.5 Å². The molecule has 0 aliphatic carbocycles. The average molecular weight is 243 g/mol. The van der Waals surface area contributed by atoms with Gasteiger partial charge in [-0.15, -0.1) is 0 Å². The second kappa shape index (κ2) is 6.05. The fourth-order valence-corrected chi connectivity index (χ4v) is 1.94. The lowest BCUT2D eigenvalue weighted by atomic mass is 10.1. The first-order valence-corrected chi connectivity index (χ1v) is 6.14. The second-order valence-corrected chi connectivity index (χ2v) is 4.09. The number of hydrogen-bond acceptors (Lipinski definition) is 2. The van der Waals surface area contributed by atoms with Crippen LogP contribution in [-0.4, -0.2) is 17.1 Å². The molecule has 1 aromatic carbocycles. The first-order chi connectivity index (χ1) is 8.81. The highest BCUT2D eigenvalue weighted by molar-refractivity contribution is 5.74. The van der Waals surface area contributed by atoms with Crippen LogP contribution in [0.3, 0.4) is 0 Å². The van der Waals surface area contributed by atoms with E-state index in [4.69, 9.17) is 4.74 Å². The normalized spacial score (nSPS) is 12.1. The summed E-state index contributed by atoms with van der Waals surface area (Å²) in [5, 5.41) is 0. The van der Waals surface area contributed by atoms with Crippen molar-refractivity contribution in [2.75, 3.05) is 6.61 Å². The maximum Gasteiger partial charge on any atom is 0.329 e. The lowest BCUT2D eigenvalue weighted by molar-refractivity contribution is -0.147. The number of carbonyl (C=O) groups excluding carboxylic acids is 1. The average Bonchev–Trinajstić information content (AvgIpc) is 2.91. The summed E-state index contributed by atoms with van der Waals surface area (Å²) in [5.41, 5.74) is 1.13. The summed E-state index contributed by atoms with van der Waals surface area (Å²) in [6.07, 6.45) is 4.43. The first-order valence-electron chi connectivity index (χ1n) is 6.14. The van der Waals surface area contributed by atoms with Gasteiger partial charge in [0.2, 0.25) is 0 Å². The highest BCUT2D eigenvalue weighted by Crippen LogP contribution is 2.16. The van der Waals surface area contributed by atoms with Gasteiger partial charge in [0.15, 0.2) is 0 Å². The van der Waals surface area contributed by atoms with Gasteiger partial charge in [0.05, 0.1) is 6.61 Å². The predicted molar refractivity (Wildman–Crippen MR) is 70.2 cm³/mol. The van der Waals surface area contributed by atoms with Gasteiger partial charge in [-0.05, 0) is 24.6 Å². The molecule has 0 saturated heterocycles. The van der Waals surface area contributed by atoms with Crippen molar-refractivity contribution in [3.05, 3.63) is 60.4 Å². The van der Waals surface area contributed by atoms with Gasteiger partial charge >= 0.3 is 5.97 Å². The van der Waals surface area contributed by atoms with E-state index in [2.05, 4.69) is 0 Å². The molecule has 0 spiro atoms. The molecule has 1 atom stereocenters. The van der Waals surface area contributed by atoms with Crippen LogP contribution >= 0.6 is 0 Å². The van der Waals surface area contributed by atoms with Crippen molar-refractivity contribution in [3.63, 3.8) is 0 Å². The highest BCUT2D eigenvalue weighted by atomic mass is 16.5. The van der Waals surface area contributed by atoms with E-state index < -0.39 is 0 Å². The lowest BCUT2D eigenvalue weighted by Crippen LogP contribution is -2.23. The molecule has 0 fully saturated rings. The number of nitrogens with zero attached hydrogens (tertiary/aromatic N) is 1. The van der Waals surface area contributed by atoms with Crippen molar-refractivity contribution in [1.29, 1.82) is 0 Å². The summed E-state index contributed by atoms with van der Waals surface area (Å²) in [7, 11) is 0. The third kappa shape index (κ3) is 3.00. The third-order valence-electron chi connectivity index (χ3n) is 2.82. The molecule has 2 aromatic rings. The summed E-state index contributed by atoms with van der Waals surface area (Å²) in [4.78, 5) is 12.0. The van der Waals surface area contributed by atoms with E-state index in [0.29, 0.717) is 13.0 Å². The van der Waals surface area contributed by atoms with Gasteiger partial charge in [-0.2, -0.15) is 0 Å². The molecule has 2 rings (SSSR count). The quantitative estimate of drug-likeness (QED) is 0.756. The van der Waals surface area contributed by atoms with Crippen LogP contribution in [0.15, 0.2) is 54.9 Å². The van der Waals surface area contributed by atoms with E-state index in [1.54, 1.807) is 0 Å². The summed E-state index contributed by atoms with van der Waals surface area (Å²) < 4.78 is 7.03. The van der Waals surface area contributed by atoms with Crippen molar-refractivity contribution in [2.24, 2.45) is 0 Å². The van der Waals surface area contributed by atoms with Crippen LogP contribution in [0, 0.1) is 0 Å². The van der Waals surface area contributed by atoms with E-state index >= 15 is 0 Å². The molecule has 0 amide bonds. The molecule has 1 heterocycles. The van der Waals surface area contributed by atoms with Crippen LogP contribution in [0.25, 0.3) is 0 Å². The monoisotopic (exact) mass is 243 g/mol. The molecule has 0 N–H and O–H groups in total. The first kappa shape index (κ1) is 12.4. The molecule has 0 bridgehead atoms. The standard InChI is InChI=1S/C15H17NO2/c1-2-18-15(17)14(16-10-6-7-11-16)12-13-8-4-3-5-9-13/h3-11,14H,2,12H2,1H3/t14-/m1/s1. The Balaban J connectivity index is 2.18. The zero-order chi connectivity index (χ0) is 12.8. The van der Waals surface area contributed by atoms with E-state index in [9.17, 15) is 4.79 Å². The molecule has 0 radical (unpaired) electrons. The molecule has 0 unspecified atom stereocenters. The van der Waals surface area contributed by atoms with Gasteiger partial charge < -0.3 is 9.30 Å². The Morgan fingerprint density at radius 1 is 1.17 bits per heavy atom. The minimum absolute atomic E-state index is 0.183. The molecule has 18 heavy (non-hydrogen) atoms. The van der Waals surface area contributed by atoms with E-state index in [1.165, 1.54) is 0 Å². The zero-order valence-electron chi connectivity index (χ0n) is 10.5. The number of rotatable bonds is 5. The summed E-state index contributed by atoms with van der Waals surface area (Å²) in [6, 6.07) is 13.5. The number of benzene rings is 1. The molecule has 94 valence electrons. The van der Waals surface area contributed by atoms with E-state index in [0.717, 1.165) is 5.56 Å². The molecular weight excluding hydrogens is 226 g/mol. The van der Waals surface area contributed by atoms with Crippen molar-refractivity contribution < 1.29 is 9.53 Å². The minimum Gasteiger partial charge on any atom is -0.464 e. The summed E-state index contributed by atoms with van der Waals surface area (Å²) in [6.45, 7) is 2.23. The largest absolute Gasteiger partial charge is 0.464 e. The molecule has 0 saturated carbocycles. The summed E-state index contributed by atoms with van der Waals surface area (Å²) in [5.74, 6) is -0.183. The molecule has 3 heteroatoms. The Hall–Kier alpha value is -2.03. The van der Waals surface area contributed by atoms with Crippen LogP contribution in [-0.2, 0) is 16.0 Å². The van der Waals surface area contributed by atoms with Crippen LogP contribution in [0.4, 0.5) is 0 Å². The van der Waals surface area contributed by atoms with Crippen molar-refractivity contribution >= 4 is 5.97 Å². The smallest absolute Gasteiger partial charge is 0.329 e. The fraction of sp³-hybridized carbons (Fsp3) is 0.267. The van der Waals surface area contributed by atoms with Gasteiger partial charge in [0.1, 0.15) is 6.04 Å². The van der Waals surface area contributed by atoms with E-state index in [1.807, 2.05) is 66.3 Å². The van der Waals surface area contributed by atoms with Crippen molar-refractivity contribution in [1.82, 2.24) is 4.57 Å². The van der Waals surface area contributed by atoms with Gasteiger partial charge in [-0.3, -0.25) is 0 Å². The zero-order valence-corrected chi connectivity index (χ0v) is 10.5. The Labute approximate surface area is 107 Å². The van der Waals surface area contributed by atoms with Crippen LogP contribution in [0.2, 0.25) is 0 Å². The Kier molecular flexibility index (Phi) is 4.18. The Morgan fingerprint density at radius 2 is 1.83 bits per heavy atom. The van der Waals surface area contributed by atoms with Crippen molar-refractivity contribution in [3.8, 4) is 0 Å². The second-order valence-electron chi connectivity index (χ2n) is 4.09. The van der Waals surface area contributed by atoms with Crippen LogP contribution < -0.4 is 0 Å². The topological polar surface area (TPSA) is 31.2 Å². The molecule has 1 aromatic heterocycles. The molecule has 0 aliphatic rings. The van der Waals surface area contributed by atoms with Gasteiger partial charge in [0.25, 0.3) is 0 Å². The molecule has 3 nitrogen and oxygen atoms in total. The van der Waals surface area contributed by atoms with Gasteiger partial charge in [-0.1, -0.05) is 30.3 Å². The molecular formula is C15H17NO2. The summed E-state index contributed by atoms with van der Waals surface area (Å²) >= 11 is 0. The van der Waals surface area contributed by atoms with Gasteiger partial charge in [0, 0.05) is 18.8 Å². The number of carbonyl (C=O) groups is 1. The van der Waals surface area contributed by atoms with Gasteiger partial charge in [-0.25, -0.2) is 4.79 Å². The highest BCUT2D eigenvalue weighted by Gasteiger charge is 2.21. The number of ether oxygens (including phenoxy) is 1. The Morgan fingerprint density at radius 3 is 2.44 bits per heavy atom. The maximum atomic E-state index is 12.0. The SMILES string of the molecule is CCOC(=O)[C@@H](Cc1ccccc1)n1cccc1. The Bertz CT molecular complexity index is 476. The number of aromatic nitrogens is 1. The van der Waals surface area contributed by atoms with Crippen molar-refractivity contribution in [2.45, 2.75) is 19.4 Å².